The van der Waals surface area contributed by atoms with Gasteiger partial charge in [-0.25, -0.2) is 4.79 Å². The Morgan fingerprint density at radius 3 is 2.22 bits per heavy atom. The van der Waals surface area contributed by atoms with Gasteiger partial charge in [0, 0.05) is 11.3 Å². The smallest absolute Gasteiger partial charge is 0.409 e. The van der Waals surface area contributed by atoms with Crippen LogP contribution in [0.1, 0.15) is 61.4 Å². The number of hydrogen-bond donors (Lipinski definition) is 3. The van der Waals surface area contributed by atoms with Crippen molar-refractivity contribution in [3.05, 3.63) is 58.1 Å². The van der Waals surface area contributed by atoms with Crippen LogP contribution in [0.3, 0.4) is 0 Å². The van der Waals surface area contributed by atoms with E-state index in [1.54, 1.807) is 6.07 Å². The van der Waals surface area contributed by atoms with Crippen molar-refractivity contribution in [3.63, 3.8) is 0 Å². The van der Waals surface area contributed by atoms with E-state index < -0.39 is 17.3 Å². The first kappa shape index (κ1) is 19.2. The fraction of sp³-hybridized carbons (Fsp3) is 0.409. The molecule has 1 atom stereocenters. The number of amides is 1. The quantitative estimate of drug-likeness (QED) is 0.717. The number of carboxylic acid groups (broad SMARTS) is 1. The molecule has 1 aliphatic rings. The lowest BCUT2D eigenvalue weighted by atomic mass is 9.75. The first-order valence-electron chi connectivity index (χ1n) is 9.15. The summed E-state index contributed by atoms with van der Waals surface area (Å²) >= 11 is 0. The molecule has 5 nitrogen and oxygen atoms in total. The normalized spacial score (nSPS) is 20.3. The molecule has 1 amide bonds. The number of hydrogen-bond acceptors (Lipinski definition) is 3. The van der Waals surface area contributed by atoms with Gasteiger partial charge in [0.15, 0.2) is 5.60 Å². The molecule has 0 saturated heterocycles. The van der Waals surface area contributed by atoms with E-state index in [0.717, 1.165) is 16.7 Å². The fourth-order valence-electron chi connectivity index (χ4n) is 3.80. The van der Waals surface area contributed by atoms with Crippen LogP contribution in [0.4, 0.5) is 10.5 Å². The number of benzene rings is 2. The average molecular weight is 369 g/mol. The van der Waals surface area contributed by atoms with E-state index in [0.29, 0.717) is 22.9 Å². The maximum atomic E-state index is 11.8. The highest BCUT2D eigenvalue weighted by molar-refractivity contribution is 5.85. The zero-order valence-electron chi connectivity index (χ0n) is 16.7. The SMILES string of the molecule is Cc1c(NC(=O)O)cc2c(c1C)OC(C)(C)C2(O)c1ccc(C(C)C)cc1. The second kappa shape index (κ2) is 6.27. The Labute approximate surface area is 160 Å². The Morgan fingerprint density at radius 1 is 1.11 bits per heavy atom. The first-order valence-corrected chi connectivity index (χ1v) is 9.15. The number of ether oxygens (including phenoxy) is 1. The third kappa shape index (κ3) is 2.86. The Hall–Kier alpha value is -2.53. The third-order valence-electron chi connectivity index (χ3n) is 5.70. The summed E-state index contributed by atoms with van der Waals surface area (Å²) in [5.74, 6) is 1.01. The summed E-state index contributed by atoms with van der Waals surface area (Å²) < 4.78 is 6.19. The van der Waals surface area contributed by atoms with Gasteiger partial charge >= 0.3 is 6.09 Å². The highest BCUT2D eigenvalue weighted by Gasteiger charge is 2.55. The van der Waals surface area contributed by atoms with Crippen molar-refractivity contribution < 1.29 is 19.7 Å². The summed E-state index contributed by atoms with van der Waals surface area (Å²) in [6.45, 7) is 11.7. The first-order chi connectivity index (χ1) is 12.5. The minimum Gasteiger partial charge on any atom is -0.483 e. The van der Waals surface area contributed by atoms with Crippen molar-refractivity contribution >= 4 is 11.8 Å². The van der Waals surface area contributed by atoms with E-state index in [1.807, 2.05) is 52.0 Å². The molecule has 1 heterocycles. The molecule has 0 fully saturated rings. The number of anilines is 1. The highest BCUT2D eigenvalue weighted by Crippen LogP contribution is 2.54. The average Bonchev–Trinajstić information content (AvgIpc) is 2.80. The number of rotatable bonds is 3. The van der Waals surface area contributed by atoms with Crippen LogP contribution < -0.4 is 10.1 Å². The minimum atomic E-state index is -1.40. The third-order valence-corrected chi connectivity index (χ3v) is 5.70. The molecule has 0 spiro atoms. The Bertz CT molecular complexity index is 900. The van der Waals surface area contributed by atoms with Crippen LogP contribution in [0.25, 0.3) is 0 Å². The van der Waals surface area contributed by atoms with Gasteiger partial charge in [-0.05, 0) is 61.9 Å². The standard InChI is InChI=1S/C22H27NO4/c1-12(2)15-7-9-16(10-8-15)22(26)17-11-18(23-20(24)25)13(3)14(4)19(17)27-21(22,5)6/h7-12,23,26H,1-6H3,(H,24,25). The lowest BCUT2D eigenvalue weighted by Crippen LogP contribution is -2.47. The summed E-state index contributed by atoms with van der Waals surface area (Å²) in [5.41, 5.74) is 2.24. The van der Waals surface area contributed by atoms with Gasteiger partial charge in [-0.2, -0.15) is 0 Å². The van der Waals surface area contributed by atoms with Crippen LogP contribution in [-0.2, 0) is 5.60 Å². The number of aliphatic hydroxyl groups is 1. The predicted octanol–water partition coefficient (Wildman–Crippen LogP) is 4.92. The number of carbonyl (C=O) groups is 1. The molecule has 144 valence electrons. The van der Waals surface area contributed by atoms with Gasteiger partial charge in [-0.1, -0.05) is 38.1 Å². The summed E-state index contributed by atoms with van der Waals surface area (Å²) in [5, 5.41) is 23.4. The van der Waals surface area contributed by atoms with Gasteiger partial charge in [0.05, 0.1) is 0 Å². The molecule has 0 aromatic heterocycles. The van der Waals surface area contributed by atoms with Gasteiger partial charge in [-0.15, -0.1) is 0 Å². The fourth-order valence-corrected chi connectivity index (χ4v) is 3.80. The van der Waals surface area contributed by atoms with E-state index in [9.17, 15) is 9.90 Å². The largest absolute Gasteiger partial charge is 0.483 e. The zero-order valence-corrected chi connectivity index (χ0v) is 16.7. The number of fused-ring (bicyclic) bond motifs is 1. The maximum Gasteiger partial charge on any atom is 0.409 e. The van der Waals surface area contributed by atoms with Crippen LogP contribution in [0.5, 0.6) is 5.75 Å². The van der Waals surface area contributed by atoms with Crippen LogP contribution in [0.2, 0.25) is 0 Å². The van der Waals surface area contributed by atoms with E-state index in [-0.39, 0.29) is 0 Å². The topological polar surface area (TPSA) is 78.8 Å². The van der Waals surface area contributed by atoms with Gasteiger partial charge in [0.1, 0.15) is 11.4 Å². The van der Waals surface area contributed by atoms with Gasteiger partial charge in [0.2, 0.25) is 0 Å². The van der Waals surface area contributed by atoms with Gasteiger partial charge in [0.25, 0.3) is 0 Å². The van der Waals surface area contributed by atoms with Crippen molar-refractivity contribution in [2.75, 3.05) is 5.32 Å². The Balaban J connectivity index is 2.22. The molecule has 0 saturated carbocycles. The Kier molecular flexibility index (Phi) is 4.47. The van der Waals surface area contributed by atoms with E-state index in [2.05, 4.69) is 19.2 Å². The molecular formula is C22H27NO4. The molecule has 1 aliphatic heterocycles. The lowest BCUT2D eigenvalue weighted by molar-refractivity contribution is -0.0643. The molecule has 1 unspecified atom stereocenters. The lowest BCUT2D eigenvalue weighted by Gasteiger charge is -2.36. The molecule has 3 rings (SSSR count). The van der Waals surface area contributed by atoms with Crippen molar-refractivity contribution in [2.45, 2.75) is 58.7 Å². The van der Waals surface area contributed by atoms with E-state index >= 15 is 0 Å². The van der Waals surface area contributed by atoms with Crippen molar-refractivity contribution in [1.82, 2.24) is 0 Å². The van der Waals surface area contributed by atoms with Gasteiger partial charge in [-0.3, -0.25) is 5.32 Å². The molecule has 5 heteroatoms. The summed E-state index contributed by atoms with van der Waals surface area (Å²) in [4.78, 5) is 11.2. The van der Waals surface area contributed by atoms with Crippen molar-refractivity contribution in [2.24, 2.45) is 0 Å². The molecule has 0 bridgehead atoms. The van der Waals surface area contributed by atoms with Crippen molar-refractivity contribution in [1.29, 1.82) is 0 Å². The molecule has 3 N–H and O–H groups in total. The summed E-state index contributed by atoms with van der Waals surface area (Å²) in [7, 11) is 0. The van der Waals surface area contributed by atoms with Crippen LogP contribution in [-0.4, -0.2) is 21.9 Å². The zero-order chi connectivity index (χ0) is 20.1. The predicted molar refractivity (Wildman–Crippen MR) is 106 cm³/mol. The van der Waals surface area contributed by atoms with Crippen LogP contribution >= 0.6 is 0 Å². The second-order valence-corrected chi connectivity index (χ2v) is 8.08. The maximum absolute atomic E-state index is 11.8. The monoisotopic (exact) mass is 369 g/mol. The van der Waals surface area contributed by atoms with E-state index in [1.165, 1.54) is 5.56 Å². The summed E-state index contributed by atoms with van der Waals surface area (Å²) in [6, 6.07) is 9.58. The van der Waals surface area contributed by atoms with E-state index in [4.69, 9.17) is 9.84 Å². The molecule has 27 heavy (non-hydrogen) atoms. The molecule has 2 aromatic carbocycles. The van der Waals surface area contributed by atoms with Crippen molar-refractivity contribution in [3.8, 4) is 5.75 Å². The second-order valence-electron chi connectivity index (χ2n) is 8.08. The number of nitrogens with one attached hydrogen (secondary N) is 1. The molecular weight excluding hydrogens is 342 g/mol. The highest BCUT2D eigenvalue weighted by atomic mass is 16.5. The minimum absolute atomic E-state index is 0.394. The van der Waals surface area contributed by atoms with Crippen LogP contribution in [0.15, 0.2) is 30.3 Å². The summed E-state index contributed by atoms with van der Waals surface area (Å²) in [6.07, 6.45) is -1.14. The van der Waals surface area contributed by atoms with Gasteiger partial charge < -0.3 is 14.9 Å². The van der Waals surface area contributed by atoms with Crippen LogP contribution in [0, 0.1) is 13.8 Å². The Morgan fingerprint density at radius 2 is 1.70 bits per heavy atom. The molecule has 2 aromatic rings. The molecule has 0 radical (unpaired) electrons. The molecule has 0 aliphatic carbocycles.